The van der Waals surface area contributed by atoms with E-state index in [2.05, 4.69) is 10.3 Å². The van der Waals surface area contributed by atoms with E-state index in [1.807, 2.05) is 60.9 Å². The zero-order valence-electron chi connectivity index (χ0n) is 17.2. The molecular formula is C24H25N3O3. The molecule has 154 valence electrons. The van der Waals surface area contributed by atoms with Gasteiger partial charge in [-0.3, -0.25) is 4.79 Å². The van der Waals surface area contributed by atoms with Gasteiger partial charge in [0.05, 0.1) is 11.6 Å². The fraction of sp³-hybridized carbons (Fsp3) is 0.333. The molecule has 3 aromatic rings. The molecule has 5 rings (SSSR count). The first-order valence-corrected chi connectivity index (χ1v) is 10.4. The number of hydrogen-bond donors (Lipinski definition) is 1. The molecule has 2 aromatic heterocycles. The molecule has 3 heterocycles. The summed E-state index contributed by atoms with van der Waals surface area (Å²) >= 11 is 0. The summed E-state index contributed by atoms with van der Waals surface area (Å²) in [5.41, 5.74) is 3.62. The zero-order valence-corrected chi connectivity index (χ0v) is 17.2. The molecule has 1 unspecified atom stereocenters. The van der Waals surface area contributed by atoms with Crippen molar-refractivity contribution >= 4 is 5.91 Å². The summed E-state index contributed by atoms with van der Waals surface area (Å²) in [4.78, 5) is 17.7. The number of rotatable bonds is 5. The lowest BCUT2D eigenvalue weighted by Gasteiger charge is -2.23. The number of carbonyl (C=O) groups excluding carboxylic acids is 1. The van der Waals surface area contributed by atoms with Crippen molar-refractivity contribution in [3.8, 4) is 17.3 Å². The summed E-state index contributed by atoms with van der Waals surface area (Å²) in [6.45, 7) is 5.09. The van der Waals surface area contributed by atoms with E-state index in [0.717, 1.165) is 47.1 Å². The van der Waals surface area contributed by atoms with E-state index in [4.69, 9.17) is 9.47 Å². The molecule has 1 amide bonds. The highest BCUT2D eigenvalue weighted by Gasteiger charge is 2.35. The highest BCUT2D eigenvalue weighted by atomic mass is 16.6. The van der Waals surface area contributed by atoms with Crippen molar-refractivity contribution in [2.75, 3.05) is 13.2 Å². The van der Waals surface area contributed by atoms with Gasteiger partial charge in [0, 0.05) is 17.6 Å². The van der Waals surface area contributed by atoms with E-state index >= 15 is 0 Å². The van der Waals surface area contributed by atoms with Crippen molar-refractivity contribution in [2.24, 2.45) is 5.92 Å². The van der Waals surface area contributed by atoms with Crippen LogP contribution in [-0.2, 0) is 0 Å². The largest absolute Gasteiger partial charge is 0.486 e. The Kier molecular flexibility index (Phi) is 4.69. The first-order valence-electron chi connectivity index (χ1n) is 10.4. The summed E-state index contributed by atoms with van der Waals surface area (Å²) < 4.78 is 13.4. The molecule has 1 aliphatic carbocycles. The van der Waals surface area contributed by atoms with E-state index in [-0.39, 0.29) is 11.9 Å². The first kappa shape index (κ1) is 18.7. The van der Waals surface area contributed by atoms with E-state index in [0.29, 0.717) is 24.7 Å². The van der Waals surface area contributed by atoms with Gasteiger partial charge in [-0.1, -0.05) is 12.1 Å². The molecule has 0 radical (unpaired) electrons. The normalized spacial score (nSPS) is 16.2. The number of nitrogens with zero attached hydrogens (tertiary/aromatic N) is 2. The monoisotopic (exact) mass is 403 g/mol. The number of aryl methyl sites for hydroxylation is 1. The Balaban J connectivity index is 1.43. The van der Waals surface area contributed by atoms with Crippen LogP contribution in [0.25, 0.3) is 5.82 Å². The predicted molar refractivity (Wildman–Crippen MR) is 113 cm³/mol. The zero-order chi connectivity index (χ0) is 20.7. The number of fused-ring (bicyclic) bond motifs is 1. The van der Waals surface area contributed by atoms with Crippen LogP contribution in [0.1, 0.15) is 46.2 Å². The van der Waals surface area contributed by atoms with Crippen LogP contribution in [0.15, 0.2) is 48.7 Å². The van der Waals surface area contributed by atoms with Crippen LogP contribution >= 0.6 is 0 Å². The summed E-state index contributed by atoms with van der Waals surface area (Å²) in [5, 5.41) is 3.28. The standard InChI is InChI=1S/C24H25N3O3/c1-15-13-19(16(2)27(15)22-5-3-4-10-25-22)24(28)26-23(17-6-7-17)18-8-9-20-21(14-18)30-12-11-29-20/h3-5,8-10,13-14,17,23H,6-7,11-12H2,1-2H3,(H,26,28). The lowest BCUT2D eigenvalue weighted by atomic mass is 10.0. The molecule has 1 fully saturated rings. The van der Waals surface area contributed by atoms with Crippen LogP contribution in [0.2, 0.25) is 0 Å². The topological polar surface area (TPSA) is 65.4 Å². The third-order valence-electron chi connectivity index (χ3n) is 5.86. The number of aromatic nitrogens is 2. The lowest BCUT2D eigenvalue weighted by Crippen LogP contribution is -2.30. The number of ether oxygens (including phenoxy) is 2. The third-order valence-corrected chi connectivity index (χ3v) is 5.86. The lowest BCUT2D eigenvalue weighted by molar-refractivity contribution is 0.0931. The van der Waals surface area contributed by atoms with Gasteiger partial charge in [-0.25, -0.2) is 4.98 Å². The van der Waals surface area contributed by atoms with Crippen LogP contribution in [-0.4, -0.2) is 28.7 Å². The number of carbonyl (C=O) groups is 1. The van der Waals surface area contributed by atoms with Crippen molar-refractivity contribution in [3.63, 3.8) is 0 Å². The molecule has 1 aliphatic heterocycles. The van der Waals surface area contributed by atoms with Crippen molar-refractivity contribution in [2.45, 2.75) is 32.7 Å². The van der Waals surface area contributed by atoms with E-state index in [1.54, 1.807) is 6.20 Å². The number of benzene rings is 1. The maximum absolute atomic E-state index is 13.3. The Morgan fingerprint density at radius 3 is 2.63 bits per heavy atom. The Morgan fingerprint density at radius 2 is 1.90 bits per heavy atom. The minimum Gasteiger partial charge on any atom is -0.486 e. The first-order chi connectivity index (χ1) is 14.6. The van der Waals surface area contributed by atoms with Gasteiger partial charge in [0.15, 0.2) is 11.5 Å². The summed E-state index contributed by atoms with van der Waals surface area (Å²) in [5.74, 6) is 2.74. The maximum atomic E-state index is 13.3. The minimum atomic E-state index is -0.0583. The van der Waals surface area contributed by atoms with E-state index in [1.165, 1.54) is 0 Å². The number of pyridine rings is 1. The van der Waals surface area contributed by atoms with Gasteiger partial charge >= 0.3 is 0 Å². The van der Waals surface area contributed by atoms with Gasteiger partial charge in [0.2, 0.25) is 0 Å². The van der Waals surface area contributed by atoms with Crippen molar-refractivity contribution < 1.29 is 14.3 Å². The summed E-state index contributed by atoms with van der Waals surface area (Å²) in [6, 6.07) is 13.7. The van der Waals surface area contributed by atoms with Gasteiger partial charge in [-0.15, -0.1) is 0 Å². The summed E-state index contributed by atoms with van der Waals surface area (Å²) in [6.07, 6.45) is 4.00. The number of hydrogen-bond acceptors (Lipinski definition) is 4. The van der Waals surface area contributed by atoms with Crippen molar-refractivity contribution in [1.29, 1.82) is 0 Å². The van der Waals surface area contributed by atoms with Crippen molar-refractivity contribution in [3.05, 3.63) is 71.2 Å². The van der Waals surface area contributed by atoms with Gasteiger partial charge < -0.3 is 19.4 Å². The smallest absolute Gasteiger partial charge is 0.253 e. The Morgan fingerprint density at radius 1 is 1.10 bits per heavy atom. The average Bonchev–Trinajstić information content (AvgIpc) is 3.56. The Bertz CT molecular complexity index is 1090. The molecule has 2 aliphatic rings. The third kappa shape index (κ3) is 3.43. The second-order valence-electron chi connectivity index (χ2n) is 8.00. The molecule has 1 aromatic carbocycles. The molecular weight excluding hydrogens is 378 g/mol. The maximum Gasteiger partial charge on any atom is 0.253 e. The fourth-order valence-electron chi connectivity index (χ4n) is 4.21. The number of nitrogens with one attached hydrogen (secondary N) is 1. The second kappa shape index (κ2) is 7.52. The van der Waals surface area contributed by atoms with Crippen molar-refractivity contribution in [1.82, 2.24) is 14.9 Å². The highest BCUT2D eigenvalue weighted by molar-refractivity contribution is 5.96. The van der Waals surface area contributed by atoms with Crippen LogP contribution in [0.4, 0.5) is 0 Å². The van der Waals surface area contributed by atoms with Gasteiger partial charge in [-0.05, 0) is 68.5 Å². The van der Waals surface area contributed by atoms with E-state index < -0.39 is 0 Å². The molecule has 0 saturated heterocycles. The van der Waals surface area contributed by atoms with Crippen LogP contribution in [0.3, 0.4) is 0 Å². The molecule has 6 heteroatoms. The fourth-order valence-corrected chi connectivity index (χ4v) is 4.21. The highest BCUT2D eigenvalue weighted by Crippen LogP contribution is 2.43. The van der Waals surface area contributed by atoms with Crippen LogP contribution < -0.4 is 14.8 Å². The minimum absolute atomic E-state index is 0.0359. The molecule has 6 nitrogen and oxygen atoms in total. The molecule has 0 bridgehead atoms. The van der Waals surface area contributed by atoms with Gasteiger partial charge in [0.25, 0.3) is 5.91 Å². The molecule has 1 atom stereocenters. The Hall–Kier alpha value is -3.28. The van der Waals surface area contributed by atoms with Crippen LogP contribution in [0, 0.1) is 19.8 Å². The quantitative estimate of drug-likeness (QED) is 0.695. The Labute approximate surface area is 175 Å². The van der Waals surface area contributed by atoms with E-state index in [9.17, 15) is 4.79 Å². The van der Waals surface area contributed by atoms with Gasteiger partial charge in [0.1, 0.15) is 19.0 Å². The molecule has 1 N–H and O–H groups in total. The molecule has 30 heavy (non-hydrogen) atoms. The molecule has 1 saturated carbocycles. The predicted octanol–water partition coefficient (Wildman–Crippen LogP) is 4.14. The number of amides is 1. The van der Waals surface area contributed by atoms with Gasteiger partial charge in [-0.2, -0.15) is 0 Å². The average molecular weight is 403 g/mol. The molecule has 0 spiro atoms. The summed E-state index contributed by atoms with van der Waals surface area (Å²) in [7, 11) is 0. The second-order valence-corrected chi connectivity index (χ2v) is 8.00. The SMILES string of the molecule is Cc1cc(C(=O)NC(c2ccc3c(c2)OCCO3)C2CC2)c(C)n1-c1ccccn1. The van der Waals surface area contributed by atoms with Crippen LogP contribution in [0.5, 0.6) is 11.5 Å².